The summed E-state index contributed by atoms with van der Waals surface area (Å²) >= 11 is 0. The summed E-state index contributed by atoms with van der Waals surface area (Å²) in [6.45, 7) is 5.08. The smallest absolute Gasteiger partial charge is 0.227 e. The first-order chi connectivity index (χ1) is 16.2. The van der Waals surface area contributed by atoms with Gasteiger partial charge in [-0.1, -0.05) is 73.7 Å². The minimum Gasteiger partial charge on any atom is -0.352 e. The number of fused-ring (bicyclic) bond motifs is 1. The fraction of sp³-hybridized carbons (Fsp3) is 0.250. The van der Waals surface area contributed by atoms with E-state index in [1.165, 1.54) is 10.9 Å². The third-order valence-corrected chi connectivity index (χ3v) is 6.49. The number of hydrogen-bond acceptors (Lipinski definition) is 4. The molecule has 2 heterocycles. The maximum atomic E-state index is 13.0. The van der Waals surface area contributed by atoms with Crippen molar-refractivity contribution in [2.24, 2.45) is 0 Å². The van der Waals surface area contributed by atoms with Crippen LogP contribution in [0.15, 0.2) is 78.9 Å². The third kappa shape index (κ3) is 4.58. The number of amides is 1. The van der Waals surface area contributed by atoms with Gasteiger partial charge in [-0.05, 0) is 40.5 Å². The molecule has 1 saturated heterocycles. The maximum Gasteiger partial charge on any atom is 0.227 e. The number of carbonyl (C=O) groups excluding carboxylic acids is 1. The fourth-order valence-corrected chi connectivity index (χ4v) is 4.47. The maximum absolute atomic E-state index is 13.0. The summed E-state index contributed by atoms with van der Waals surface area (Å²) in [6.07, 6.45) is 1.47. The SMILES string of the molecule is CCc1ccc(-c2ccc(N3CCN(C(=O)Cc4cccc5ccccc45)CC3)nn2)cc1. The average Bonchev–Trinajstić information content (AvgIpc) is 2.89. The monoisotopic (exact) mass is 436 g/mol. The van der Waals surface area contributed by atoms with E-state index in [9.17, 15) is 4.79 Å². The lowest BCUT2D eigenvalue weighted by molar-refractivity contribution is -0.130. The highest BCUT2D eigenvalue weighted by Crippen LogP contribution is 2.22. The minimum absolute atomic E-state index is 0.183. The molecule has 0 unspecified atom stereocenters. The van der Waals surface area contributed by atoms with Gasteiger partial charge in [0.1, 0.15) is 0 Å². The van der Waals surface area contributed by atoms with E-state index >= 15 is 0 Å². The molecular formula is C28H28N4O. The molecule has 5 heteroatoms. The average molecular weight is 437 g/mol. The van der Waals surface area contributed by atoms with Crippen LogP contribution in [0.25, 0.3) is 22.0 Å². The molecule has 4 aromatic rings. The predicted molar refractivity (Wildman–Crippen MR) is 133 cm³/mol. The Hall–Kier alpha value is -3.73. The second-order valence-corrected chi connectivity index (χ2v) is 8.51. The molecule has 0 spiro atoms. The molecule has 3 aromatic carbocycles. The van der Waals surface area contributed by atoms with Crippen molar-refractivity contribution in [1.29, 1.82) is 0 Å². The number of anilines is 1. The molecular weight excluding hydrogens is 408 g/mol. The van der Waals surface area contributed by atoms with Gasteiger partial charge in [0.15, 0.2) is 5.82 Å². The van der Waals surface area contributed by atoms with Crippen LogP contribution in [0.4, 0.5) is 5.82 Å². The first-order valence-corrected chi connectivity index (χ1v) is 11.6. The van der Waals surface area contributed by atoms with Crippen molar-refractivity contribution in [3.63, 3.8) is 0 Å². The van der Waals surface area contributed by atoms with Crippen molar-refractivity contribution in [2.45, 2.75) is 19.8 Å². The van der Waals surface area contributed by atoms with Gasteiger partial charge in [0.25, 0.3) is 0 Å². The Kier molecular flexibility index (Phi) is 6.03. The molecule has 0 saturated carbocycles. The van der Waals surface area contributed by atoms with Crippen molar-refractivity contribution in [2.75, 3.05) is 31.1 Å². The summed E-state index contributed by atoms with van der Waals surface area (Å²) in [5.74, 6) is 1.05. The van der Waals surface area contributed by atoms with Crippen molar-refractivity contribution in [1.82, 2.24) is 15.1 Å². The first kappa shape index (κ1) is 21.1. The molecule has 0 aliphatic carbocycles. The van der Waals surface area contributed by atoms with E-state index in [0.29, 0.717) is 19.5 Å². The molecule has 0 atom stereocenters. The number of carbonyl (C=O) groups is 1. The van der Waals surface area contributed by atoms with Crippen LogP contribution in [0.1, 0.15) is 18.1 Å². The van der Waals surface area contributed by atoms with E-state index < -0.39 is 0 Å². The summed E-state index contributed by atoms with van der Waals surface area (Å²) in [5, 5.41) is 11.2. The van der Waals surface area contributed by atoms with Crippen molar-refractivity contribution < 1.29 is 4.79 Å². The van der Waals surface area contributed by atoms with E-state index in [4.69, 9.17) is 0 Å². The third-order valence-electron chi connectivity index (χ3n) is 6.49. The molecule has 1 aromatic heterocycles. The Morgan fingerprint density at radius 3 is 2.30 bits per heavy atom. The summed E-state index contributed by atoms with van der Waals surface area (Å²) in [6, 6.07) is 27.0. The molecule has 1 aliphatic heterocycles. The number of piperazine rings is 1. The van der Waals surface area contributed by atoms with Crippen LogP contribution in [0, 0.1) is 0 Å². The molecule has 0 bridgehead atoms. The highest BCUT2D eigenvalue weighted by molar-refractivity contribution is 5.90. The predicted octanol–water partition coefficient (Wildman–Crippen LogP) is 4.75. The number of benzene rings is 3. The topological polar surface area (TPSA) is 49.3 Å². The van der Waals surface area contributed by atoms with Gasteiger partial charge in [0, 0.05) is 31.7 Å². The Balaban J connectivity index is 1.20. The van der Waals surface area contributed by atoms with E-state index in [-0.39, 0.29) is 5.91 Å². The lowest BCUT2D eigenvalue weighted by Crippen LogP contribution is -2.49. The number of hydrogen-bond donors (Lipinski definition) is 0. The molecule has 166 valence electrons. The number of rotatable bonds is 5. The molecule has 1 aliphatic rings. The van der Waals surface area contributed by atoms with Gasteiger partial charge in [-0.25, -0.2) is 0 Å². The second-order valence-electron chi connectivity index (χ2n) is 8.51. The Labute approximate surface area is 194 Å². The van der Waals surface area contributed by atoms with Gasteiger partial charge in [0.05, 0.1) is 12.1 Å². The van der Waals surface area contributed by atoms with Gasteiger partial charge < -0.3 is 9.80 Å². The Morgan fingerprint density at radius 1 is 0.818 bits per heavy atom. The largest absolute Gasteiger partial charge is 0.352 e. The van der Waals surface area contributed by atoms with E-state index in [1.807, 2.05) is 35.2 Å². The molecule has 5 nitrogen and oxygen atoms in total. The zero-order chi connectivity index (χ0) is 22.6. The normalized spacial score (nSPS) is 14.0. The van der Waals surface area contributed by atoms with Gasteiger partial charge in [-0.3, -0.25) is 4.79 Å². The van der Waals surface area contributed by atoms with E-state index in [0.717, 1.165) is 47.5 Å². The van der Waals surface area contributed by atoms with E-state index in [2.05, 4.69) is 70.6 Å². The second kappa shape index (κ2) is 9.41. The highest BCUT2D eigenvalue weighted by Gasteiger charge is 2.22. The summed E-state index contributed by atoms with van der Waals surface area (Å²) < 4.78 is 0. The highest BCUT2D eigenvalue weighted by atomic mass is 16.2. The molecule has 0 N–H and O–H groups in total. The minimum atomic E-state index is 0.183. The van der Waals surface area contributed by atoms with Crippen LogP contribution in [0.3, 0.4) is 0 Å². The van der Waals surface area contributed by atoms with Crippen molar-refractivity contribution >= 4 is 22.5 Å². The molecule has 1 amide bonds. The molecule has 33 heavy (non-hydrogen) atoms. The van der Waals surface area contributed by atoms with Gasteiger partial charge in [-0.2, -0.15) is 0 Å². The summed E-state index contributed by atoms with van der Waals surface area (Å²) in [5.41, 5.74) is 4.37. The van der Waals surface area contributed by atoms with Crippen LogP contribution in [-0.4, -0.2) is 47.2 Å². The van der Waals surface area contributed by atoms with Crippen LogP contribution >= 0.6 is 0 Å². The van der Waals surface area contributed by atoms with Gasteiger partial charge >= 0.3 is 0 Å². The molecule has 1 fully saturated rings. The zero-order valence-corrected chi connectivity index (χ0v) is 18.9. The number of nitrogens with zero attached hydrogens (tertiary/aromatic N) is 4. The lowest BCUT2D eigenvalue weighted by atomic mass is 10.0. The molecule has 5 rings (SSSR count). The number of aromatic nitrogens is 2. The van der Waals surface area contributed by atoms with Gasteiger partial charge in [-0.15, -0.1) is 10.2 Å². The standard InChI is InChI=1S/C28H28N4O/c1-2-21-10-12-23(13-11-21)26-14-15-27(30-29-26)31-16-18-32(19-17-31)28(33)20-24-8-5-7-22-6-3-4-9-25(22)24/h3-15H,2,16-20H2,1H3. The van der Waals surface area contributed by atoms with Crippen LogP contribution in [0.5, 0.6) is 0 Å². The van der Waals surface area contributed by atoms with Crippen LogP contribution in [-0.2, 0) is 17.6 Å². The lowest BCUT2D eigenvalue weighted by Gasteiger charge is -2.35. The number of aryl methyl sites for hydroxylation is 1. The van der Waals surface area contributed by atoms with E-state index in [1.54, 1.807) is 0 Å². The Morgan fingerprint density at radius 2 is 1.58 bits per heavy atom. The first-order valence-electron chi connectivity index (χ1n) is 11.6. The van der Waals surface area contributed by atoms with Crippen LogP contribution in [0.2, 0.25) is 0 Å². The zero-order valence-electron chi connectivity index (χ0n) is 18.9. The summed E-state index contributed by atoms with van der Waals surface area (Å²) in [7, 11) is 0. The fourth-order valence-electron chi connectivity index (χ4n) is 4.47. The van der Waals surface area contributed by atoms with Crippen molar-refractivity contribution in [3.8, 4) is 11.3 Å². The van der Waals surface area contributed by atoms with Crippen molar-refractivity contribution in [3.05, 3.63) is 90.0 Å². The van der Waals surface area contributed by atoms with Crippen LogP contribution < -0.4 is 4.90 Å². The molecule has 0 radical (unpaired) electrons. The quantitative estimate of drug-likeness (QED) is 0.453. The Bertz CT molecular complexity index is 1240. The van der Waals surface area contributed by atoms with Gasteiger partial charge in [0.2, 0.25) is 5.91 Å². The summed E-state index contributed by atoms with van der Waals surface area (Å²) in [4.78, 5) is 17.2.